The monoisotopic (exact) mass is 397 g/mol. The van der Waals surface area contributed by atoms with Gasteiger partial charge >= 0.3 is 6.09 Å². The number of fused-ring (bicyclic) bond motifs is 2. The van der Waals surface area contributed by atoms with Crippen molar-refractivity contribution >= 4 is 17.5 Å². The first kappa shape index (κ1) is 19.5. The first-order valence-electron chi connectivity index (χ1n) is 9.81. The Bertz CT molecular complexity index is 865. The highest BCUT2D eigenvalue weighted by molar-refractivity contribution is 5.79. The summed E-state index contributed by atoms with van der Waals surface area (Å²) in [6.07, 6.45) is -1.26. The maximum Gasteiger partial charge on any atom is 0.410 e. The van der Waals surface area contributed by atoms with E-state index in [0.717, 1.165) is 11.4 Å². The Morgan fingerprint density at radius 3 is 2.17 bits per heavy atom. The molecular formula is C22H27N3O4. The topological polar surface area (TPSA) is 88.3 Å². The molecular weight excluding hydrogens is 370 g/mol. The molecule has 2 aliphatic rings. The fourth-order valence-corrected chi connectivity index (χ4v) is 3.86. The van der Waals surface area contributed by atoms with Crippen LogP contribution in [0, 0.1) is 0 Å². The lowest BCUT2D eigenvalue weighted by molar-refractivity contribution is -0.00132. The molecule has 7 heteroatoms. The molecule has 0 saturated carbocycles. The Kier molecular flexibility index (Phi) is 4.88. The molecule has 3 N–H and O–H groups in total. The van der Waals surface area contributed by atoms with Crippen molar-refractivity contribution < 1.29 is 19.4 Å². The van der Waals surface area contributed by atoms with Crippen molar-refractivity contribution in [1.29, 1.82) is 0 Å². The van der Waals surface area contributed by atoms with E-state index in [9.17, 15) is 9.90 Å². The number of amides is 1. The van der Waals surface area contributed by atoms with Crippen LogP contribution < -0.4 is 15.4 Å². The molecule has 0 spiro atoms. The second-order valence-corrected chi connectivity index (χ2v) is 8.51. The Hall–Kier alpha value is -2.77. The van der Waals surface area contributed by atoms with Gasteiger partial charge in [0.2, 0.25) is 0 Å². The van der Waals surface area contributed by atoms with Crippen molar-refractivity contribution in [3.63, 3.8) is 0 Å². The molecule has 0 radical (unpaired) electrons. The first-order chi connectivity index (χ1) is 13.7. The number of para-hydroxylation sites is 4. The molecule has 1 fully saturated rings. The molecule has 154 valence electrons. The summed E-state index contributed by atoms with van der Waals surface area (Å²) in [7, 11) is 0. The van der Waals surface area contributed by atoms with Crippen molar-refractivity contribution in [3.8, 4) is 11.5 Å². The number of piperidine rings is 1. The number of aliphatic hydroxyl groups is 1. The smallest absolute Gasteiger partial charge is 0.410 e. The average molecular weight is 397 g/mol. The van der Waals surface area contributed by atoms with E-state index in [-0.39, 0.29) is 13.1 Å². The maximum absolute atomic E-state index is 12.7. The molecule has 4 rings (SSSR count). The molecule has 3 atom stereocenters. The number of ether oxygens (including phenoxy) is 2. The number of nitrogens with zero attached hydrogens (tertiary/aromatic N) is 2. The summed E-state index contributed by atoms with van der Waals surface area (Å²) in [5, 5.41) is 11.0. The number of benzene rings is 2. The normalized spacial score (nSPS) is 23.7. The molecule has 1 amide bonds. The van der Waals surface area contributed by atoms with Gasteiger partial charge in [-0.15, -0.1) is 0 Å². The molecule has 2 aromatic rings. The summed E-state index contributed by atoms with van der Waals surface area (Å²) in [5.41, 5.74) is 7.30. The second kappa shape index (κ2) is 7.24. The van der Waals surface area contributed by atoms with E-state index in [2.05, 4.69) is 0 Å². The number of nitrogens with two attached hydrogens (primary N) is 1. The van der Waals surface area contributed by atoms with Crippen LogP contribution in [-0.2, 0) is 4.74 Å². The molecule has 2 aromatic carbocycles. The van der Waals surface area contributed by atoms with Crippen LogP contribution in [0.3, 0.4) is 0 Å². The van der Waals surface area contributed by atoms with Crippen molar-refractivity contribution in [1.82, 2.24) is 4.90 Å². The van der Waals surface area contributed by atoms with Crippen molar-refractivity contribution in [3.05, 3.63) is 48.5 Å². The quantitative estimate of drug-likeness (QED) is 0.768. The molecule has 0 bridgehead atoms. The van der Waals surface area contributed by atoms with Gasteiger partial charge < -0.3 is 30.1 Å². The van der Waals surface area contributed by atoms with Crippen LogP contribution >= 0.6 is 0 Å². The van der Waals surface area contributed by atoms with Crippen molar-refractivity contribution in [2.75, 3.05) is 18.0 Å². The van der Waals surface area contributed by atoms with Crippen LogP contribution in [0.5, 0.6) is 11.5 Å². The van der Waals surface area contributed by atoms with E-state index >= 15 is 0 Å². The van der Waals surface area contributed by atoms with E-state index in [1.807, 2.05) is 74.2 Å². The van der Waals surface area contributed by atoms with Crippen LogP contribution in [0.15, 0.2) is 48.5 Å². The summed E-state index contributed by atoms with van der Waals surface area (Å²) >= 11 is 0. The zero-order chi connectivity index (χ0) is 20.8. The van der Waals surface area contributed by atoms with E-state index in [4.69, 9.17) is 15.2 Å². The van der Waals surface area contributed by atoms with E-state index in [1.165, 1.54) is 0 Å². The summed E-state index contributed by atoms with van der Waals surface area (Å²) in [6, 6.07) is 14.3. The van der Waals surface area contributed by atoms with Crippen LogP contribution in [0.1, 0.15) is 20.8 Å². The number of carbonyl (C=O) groups excluding carboxylic acids is 1. The minimum absolute atomic E-state index is 0.236. The van der Waals surface area contributed by atoms with Gasteiger partial charge in [-0.05, 0) is 45.0 Å². The summed E-state index contributed by atoms with van der Waals surface area (Å²) in [6.45, 7) is 6.01. The van der Waals surface area contributed by atoms with Gasteiger partial charge in [0.25, 0.3) is 0 Å². The van der Waals surface area contributed by atoms with E-state index < -0.39 is 29.9 Å². The second-order valence-electron chi connectivity index (χ2n) is 8.51. The summed E-state index contributed by atoms with van der Waals surface area (Å²) < 4.78 is 11.6. The van der Waals surface area contributed by atoms with Crippen LogP contribution in [-0.4, -0.2) is 53.0 Å². The third-order valence-corrected chi connectivity index (χ3v) is 5.12. The zero-order valence-corrected chi connectivity index (χ0v) is 16.9. The fourth-order valence-electron chi connectivity index (χ4n) is 3.86. The van der Waals surface area contributed by atoms with Gasteiger partial charge in [-0.3, -0.25) is 0 Å². The standard InChI is InChI=1S/C22H27N3O4/c1-22(2,3)29-21(27)24-12-14(23)20(26)17(13-24)25-15-8-4-6-10-18(15)28-19-11-7-5-9-16(19)25/h4-11,14,17,20,26H,12-13,23H2,1-3H3/t14-,17+,20+/m1/s1. The average Bonchev–Trinajstić information content (AvgIpc) is 2.67. The van der Waals surface area contributed by atoms with Gasteiger partial charge in [0.1, 0.15) is 5.60 Å². The highest BCUT2D eigenvalue weighted by Crippen LogP contribution is 2.48. The molecule has 1 saturated heterocycles. The largest absolute Gasteiger partial charge is 0.453 e. The first-order valence-corrected chi connectivity index (χ1v) is 9.81. The molecule has 7 nitrogen and oxygen atoms in total. The van der Waals surface area contributed by atoms with E-state index in [1.54, 1.807) is 4.90 Å². The summed E-state index contributed by atoms with van der Waals surface area (Å²) in [4.78, 5) is 16.3. The number of rotatable bonds is 1. The lowest BCUT2D eigenvalue weighted by Crippen LogP contribution is -2.64. The lowest BCUT2D eigenvalue weighted by atomic mass is 9.94. The fraction of sp³-hybridized carbons (Fsp3) is 0.409. The predicted octanol–water partition coefficient (Wildman–Crippen LogP) is 3.24. The SMILES string of the molecule is CC(C)(C)OC(=O)N1C[C@@H](N)[C@H](O)[C@@H](N2c3ccccc3Oc3ccccc32)C1. The molecule has 29 heavy (non-hydrogen) atoms. The number of hydrogen-bond acceptors (Lipinski definition) is 6. The molecule has 2 heterocycles. The zero-order valence-electron chi connectivity index (χ0n) is 16.9. The minimum atomic E-state index is -0.826. The number of anilines is 2. The van der Waals surface area contributed by atoms with Gasteiger partial charge in [0.15, 0.2) is 11.5 Å². The van der Waals surface area contributed by atoms with Crippen LogP contribution in [0.2, 0.25) is 0 Å². The maximum atomic E-state index is 12.7. The molecule has 0 unspecified atom stereocenters. The Balaban J connectivity index is 1.72. The minimum Gasteiger partial charge on any atom is -0.453 e. The third-order valence-electron chi connectivity index (χ3n) is 5.12. The highest BCUT2D eigenvalue weighted by Gasteiger charge is 2.43. The number of carbonyl (C=O) groups is 1. The summed E-state index contributed by atoms with van der Waals surface area (Å²) in [5.74, 6) is 1.39. The lowest BCUT2D eigenvalue weighted by Gasteiger charge is -2.47. The molecule has 0 aromatic heterocycles. The number of likely N-dealkylation sites (tertiary alicyclic amines) is 1. The van der Waals surface area contributed by atoms with Crippen LogP contribution in [0.4, 0.5) is 16.2 Å². The molecule has 0 aliphatic carbocycles. The van der Waals surface area contributed by atoms with E-state index in [0.29, 0.717) is 11.5 Å². The van der Waals surface area contributed by atoms with Gasteiger partial charge in [0, 0.05) is 13.1 Å². The number of aliphatic hydroxyl groups excluding tert-OH is 1. The van der Waals surface area contributed by atoms with Gasteiger partial charge in [0.05, 0.1) is 29.6 Å². The van der Waals surface area contributed by atoms with Crippen LogP contribution in [0.25, 0.3) is 0 Å². The highest BCUT2D eigenvalue weighted by atomic mass is 16.6. The molecule has 2 aliphatic heterocycles. The van der Waals surface area contributed by atoms with Gasteiger partial charge in [-0.2, -0.15) is 0 Å². The third kappa shape index (κ3) is 3.75. The van der Waals surface area contributed by atoms with Crippen molar-refractivity contribution in [2.24, 2.45) is 5.73 Å². The van der Waals surface area contributed by atoms with Gasteiger partial charge in [-0.1, -0.05) is 24.3 Å². The Morgan fingerprint density at radius 2 is 1.62 bits per heavy atom. The number of hydrogen-bond donors (Lipinski definition) is 2. The predicted molar refractivity (Wildman–Crippen MR) is 111 cm³/mol. The Labute approximate surface area is 170 Å². The van der Waals surface area contributed by atoms with Gasteiger partial charge in [-0.25, -0.2) is 4.79 Å². The Morgan fingerprint density at radius 1 is 1.07 bits per heavy atom. The van der Waals surface area contributed by atoms with Crippen molar-refractivity contribution in [2.45, 2.75) is 44.6 Å².